The number of hydrogen-bond donors (Lipinski definition) is 2. The van der Waals surface area contributed by atoms with Gasteiger partial charge in [-0.05, 0) is 31.6 Å². The van der Waals surface area contributed by atoms with Crippen molar-refractivity contribution in [2.24, 2.45) is 5.92 Å². The van der Waals surface area contributed by atoms with Crippen molar-refractivity contribution in [3.63, 3.8) is 0 Å². The molecule has 1 atom stereocenters. The van der Waals surface area contributed by atoms with E-state index < -0.39 is 9.84 Å². The molecule has 1 aliphatic rings. The second-order valence-corrected chi connectivity index (χ2v) is 7.41. The molecule has 0 saturated carbocycles. The van der Waals surface area contributed by atoms with Gasteiger partial charge in [0.25, 0.3) is 5.17 Å². The zero-order valence-corrected chi connectivity index (χ0v) is 12.8. The molecule has 1 heterocycles. The molecule has 112 valence electrons. The zero-order chi connectivity index (χ0) is 14.3. The molecule has 0 radical (unpaired) electrons. The highest BCUT2D eigenvalue weighted by Gasteiger charge is 2.27. The van der Waals surface area contributed by atoms with E-state index >= 15 is 0 Å². The van der Waals surface area contributed by atoms with E-state index in [0.29, 0.717) is 37.8 Å². The predicted octanol–water partition coefficient (Wildman–Crippen LogP) is -0.764. The standard InChI is InChI=1S/C11H22N2O4S2/c1-13(3-5-14)4-6-17-11(18)12-8-10-2-7-19(15,16)9-10/h10,14H,2-9H2,1H3,(H,12,18)/t10-/m0/s1. The summed E-state index contributed by atoms with van der Waals surface area (Å²) in [4.78, 5) is 1.94. The Morgan fingerprint density at radius 3 is 2.84 bits per heavy atom. The van der Waals surface area contributed by atoms with E-state index in [9.17, 15) is 8.42 Å². The maximum Gasteiger partial charge on any atom is 0.256 e. The largest absolute Gasteiger partial charge is 0.470 e. The van der Waals surface area contributed by atoms with Gasteiger partial charge in [0.15, 0.2) is 9.84 Å². The van der Waals surface area contributed by atoms with Crippen LogP contribution < -0.4 is 5.32 Å². The molecule has 1 rings (SSSR count). The van der Waals surface area contributed by atoms with Crippen LogP contribution in [0.25, 0.3) is 0 Å². The van der Waals surface area contributed by atoms with Crippen LogP contribution in [0.3, 0.4) is 0 Å². The van der Waals surface area contributed by atoms with Crippen LogP contribution >= 0.6 is 12.2 Å². The summed E-state index contributed by atoms with van der Waals surface area (Å²) in [5, 5.41) is 12.0. The third kappa shape index (κ3) is 7.05. The number of ether oxygens (including phenoxy) is 1. The summed E-state index contributed by atoms with van der Waals surface area (Å²) in [6.07, 6.45) is 0.692. The first-order valence-corrected chi connectivity index (χ1v) is 8.56. The second-order valence-electron chi connectivity index (χ2n) is 4.81. The number of nitrogens with zero attached hydrogens (tertiary/aromatic N) is 1. The van der Waals surface area contributed by atoms with Gasteiger partial charge in [0.05, 0.1) is 18.1 Å². The number of rotatable bonds is 7. The van der Waals surface area contributed by atoms with Gasteiger partial charge in [-0.3, -0.25) is 0 Å². The molecular formula is C11H22N2O4S2. The number of nitrogens with one attached hydrogen (secondary N) is 1. The highest BCUT2D eigenvalue weighted by Crippen LogP contribution is 2.17. The number of thiocarbonyl (C=S) groups is 1. The van der Waals surface area contributed by atoms with E-state index in [0.717, 1.165) is 0 Å². The van der Waals surface area contributed by atoms with Gasteiger partial charge in [-0.1, -0.05) is 0 Å². The fraction of sp³-hybridized carbons (Fsp3) is 0.909. The predicted molar refractivity (Wildman–Crippen MR) is 77.9 cm³/mol. The van der Waals surface area contributed by atoms with Crippen LogP contribution in [0.1, 0.15) is 6.42 Å². The molecule has 0 amide bonds. The smallest absolute Gasteiger partial charge is 0.256 e. The summed E-state index contributed by atoms with van der Waals surface area (Å²) >= 11 is 5.01. The molecule has 1 aliphatic heterocycles. The van der Waals surface area contributed by atoms with Gasteiger partial charge < -0.3 is 20.1 Å². The maximum atomic E-state index is 11.3. The van der Waals surface area contributed by atoms with Gasteiger partial charge in [0.1, 0.15) is 6.61 Å². The number of aliphatic hydroxyl groups excluding tert-OH is 1. The van der Waals surface area contributed by atoms with Crippen LogP contribution in [0.5, 0.6) is 0 Å². The first kappa shape index (κ1) is 16.6. The molecule has 1 saturated heterocycles. The molecule has 0 aliphatic carbocycles. The van der Waals surface area contributed by atoms with E-state index in [2.05, 4.69) is 5.32 Å². The molecule has 2 N–H and O–H groups in total. The van der Waals surface area contributed by atoms with Crippen LogP contribution in [0.4, 0.5) is 0 Å². The first-order chi connectivity index (χ1) is 8.93. The third-order valence-corrected chi connectivity index (χ3v) is 5.15. The molecule has 19 heavy (non-hydrogen) atoms. The molecule has 0 unspecified atom stereocenters. The van der Waals surface area contributed by atoms with Gasteiger partial charge in [0.2, 0.25) is 0 Å². The van der Waals surface area contributed by atoms with Gasteiger partial charge >= 0.3 is 0 Å². The van der Waals surface area contributed by atoms with Gasteiger partial charge in [-0.15, -0.1) is 0 Å². The Bertz CT molecular complexity index is 386. The van der Waals surface area contributed by atoms with Gasteiger partial charge in [0, 0.05) is 19.6 Å². The lowest BCUT2D eigenvalue weighted by molar-refractivity contribution is 0.187. The van der Waals surface area contributed by atoms with E-state index in [1.54, 1.807) is 0 Å². The van der Waals surface area contributed by atoms with Crippen LogP contribution in [0, 0.1) is 5.92 Å². The monoisotopic (exact) mass is 310 g/mol. The lowest BCUT2D eigenvalue weighted by Gasteiger charge is -2.16. The highest BCUT2D eigenvalue weighted by molar-refractivity contribution is 7.91. The second kappa shape index (κ2) is 7.98. The average molecular weight is 310 g/mol. The average Bonchev–Trinajstić information content (AvgIpc) is 2.67. The Labute approximate surface area is 120 Å². The van der Waals surface area contributed by atoms with Crippen LogP contribution in [-0.4, -0.2) is 75.0 Å². The molecular weight excluding hydrogens is 288 g/mol. The van der Waals surface area contributed by atoms with Crippen molar-refractivity contribution in [3.8, 4) is 0 Å². The molecule has 0 aromatic rings. The topological polar surface area (TPSA) is 78.9 Å². The summed E-state index contributed by atoms with van der Waals surface area (Å²) in [7, 11) is -0.944. The van der Waals surface area contributed by atoms with Gasteiger partial charge in [-0.25, -0.2) is 8.42 Å². The van der Waals surface area contributed by atoms with Crippen LogP contribution in [-0.2, 0) is 14.6 Å². The molecule has 0 spiro atoms. The van der Waals surface area contributed by atoms with E-state index in [1.165, 1.54) is 0 Å². The van der Waals surface area contributed by atoms with Crippen LogP contribution in [0.2, 0.25) is 0 Å². The fourth-order valence-electron chi connectivity index (χ4n) is 1.89. The summed E-state index contributed by atoms with van der Waals surface area (Å²) in [5.41, 5.74) is 0. The third-order valence-electron chi connectivity index (χ3n) is 3.05. The molecule has 0 aromatic carbocycles. The lowest BCUT2D eigenvalue weighted by Crippen LogP contribution is -2.33. The van der Waals surface area contributed by atoms with Crippen molar-refractivity contribution in [1.29, 1.82) is 0 Å². The lowest BCUT2D eigenvalue weighted by atomic mass is 10.1. The van der Waals surface area contributed by atoms with Crippen molar-refractivity contribution >= 4 is 27.2 Å². The number of sulfone groups is 1. The molecule has 1 fully saturated rings. The quantitative estimate of drug-likeness (QED) is 0.598. The van der Waals surface area contributed by atoms with Crippen molar-refractivity contribution in [3.05, 3.63) is 0 Å². The minimum absolute atomic E-state index is 0.120. The fourth-order valence-corrected chi connectivity index (χ4v) is 3.92. The summed E-state index contributed by atoms with van der Waals surface area (Å²) < 4.78 is 27.9. The Hall–Kier alpha value is -0.440. The molecule has 0 aromatic heterocycles. The van der Waals surface area contributed by atoms with Crippen molar-refractivity contribution in [2.75, 3.05) is 51.4 Å². The summed E-state index contributed by atoms with van der Waals surface area (Å²) in [6.45, 7) is 2.40. The van der Waals surface area contributed by atoms with Crippen LogP contribution in [0.15, 0.2) is 0 Å². The maximum absolute atomic E-state index is 11.3. The number of aliphatic hydroxyl groups is 1. The molecule has 8 heteroatoms. The van der Waals surface area contributed by atoms with Crippen molar-refractivity contribution < 1.29 is 18.3 Å². The van der Waals surface area contributed by atoms with E-state index in [4.69, 9.17) is 22.1 Å². The number of hydrogen-bond acceptors (Lipinski definition) is 6. The summed E-state index contributed by atoms with van der Waals surface area (Å²) in [5.74, 6) is 0.643. The zero-order valence-electron chi connectivity index (χ0n) is 11.2. The molecule has 6 nitrogen and oxygen atoms in total. The Morgan fingerprint density at radius 2 is 2.26 bits per heavy atom. The van der Waals surface area contributed by atoms with E-state index in [1.807, 2.05) is 11.9 Å². The minimum atomic E-state index is -2.83. The summed E-state index contributed by atoms with van der Waals surface area (Å²) in [6, 6.07) is 0. The highest BCUT2D eigenvalue weighted by atomic mass is 32.2. The van der Waals surface area contributed by atoms with Gasteiger partial charge in [-0.2, -0.15) is 0 Å². The Morgan fingerprint density at radius 1 is 1.53 bits per heavy atom. The van der Waals surface area contributed by atoms with Crippen molar-refractivity contribution in [1.82, 2.24) is 10.2 Å². The Balaban J connectivity index is 2.09. The Kier molecular flexibility index (Phi) is 6.98. The minimum Gasteiger partial charge on any atom is -0.470 e. The number of likely N-dealkylation sites (N-methyl/N-ethyl adjacent to an activating group) is 1. The normalized spacial score (nSPS) is 21.5. The molecule has 0 bridgehead atoms. The SMILES string of the molecule is CN(CCO)CCOC(=S)NC[C@@H]1CCS(=O)(=O)C1. The van der Waals surface area contributed by atoms with Crippen molar-refractivity contribution in [2.45, 2.75) is 6.42 Å². The van der Waals surface area contributed by atoms with E-state index in [-0.39, 0.29) is 24.0 Å². The first-order valence-electron chi connectivity index (χ1n) is 6.33.